The smallest absolute Gasteiger partial charge is 0.311 e. The lowest BCUT2D eigenvalue weighted by atomic mass is 9.77. The van der Waals surface area contributed by atoms with Crippen molar-refractivity contribution in [3.63, 3.8) is 0 Å². The monoisotopic (exact) mass is 254 g/mol. The van der Waals surface area contributed by atoms with Gasteiger partial charge in [-0.25, -0.2) is 0 Å². The molecule has 1 saturated carbocycles. The first-order chi connectivity index (χ1) is 8.37. The van der Waals surface area contributed by atoms with E-state index < -0.39 is 11.4 Å². The Hall–Kier alpha value is -1.10. The largest absolute Gasteiger partial charge is 0.481 e. The molecule has 3 N–H and O–H groups in total. The van der Waals surface area contributed by atoms with E-state index in [1.165, 1.54) is 0 Å². The Labute approximate surface area is 107 Å². The molecule has 1 amide bonds. The van der Waals surface area contributed by atoms with E-state index >= 15 is 0 Å². The fourth-order valence-electron chi connectivity index (χ4n) is 2.63. The fraction of sp³-hybridized carbons (Fsp3) is 0.846. The molecule has 0 aromatic rings. The number of carbonyl (C=O) groups excluding carboxylic acids is 1. The summed E-state index contributed by atoms with van der Waals surface area (Å²) < 4.78 is 0. The summed E-state index contributed by atoms with van der Waals surface area (Å²) >= 11 is 0. The average molecular weight is 254 g/mol. The molecule has 1 heterocycles. The summed E-state index contributed by atoms with van der Waals surface area (Å²) in [5.41, 5.74) is -0.753. The second-order valence-corrected chi connectivity index (χ2v) is 6.28. The van der Waals surface area contributed by atoms with Crippen molar-refractivity contribution in [3.05, 3.63) is 0 Å². The van der Waals surface area contributed by atoms with Gasteiger partial charge in [-0.15, -0.1) is 0 Å². The van der Waals surface area contributed by atoms with Gasteiger partial charge in [-0.2, -0.15) is 0 Å². The van der Waals surface area contributed by atoms with Gasteiger partial charge in [-0.3, -0.25) is 9.59 Å². The van der Waals surface area contributed by atoms with Gasteiger partial charge in [0.2, 0.25) is 5.91 Å². The van der Waals surface area contributed by atoms with Crippen LogP contribution in [-0.2, 0) is 9.59 Å². The molecule has 2 aliphatic rings. The normalized spacial score (nSPS) is 28.4. The molecule has 0 spiro atoms. The number of amides is 1. The van der Waals surface area contributed by atoms with Crippen LogP contribution in [0.3, 0.4) is 0 Å². The Morgan fingerprint density at radius 3 is 2.50 bits per heavy atom. The molecule has 1 aliphatic heterocycles. The van der Waals surface area contributed by atoms with E-state index in [-0.39, 0.29) is 23.9 Å². The highest BCUT2D eigenvalue weighted by atomic mass is 16.4. The van der Waals surface area contributed by atoms with Gasteiger partial charge in [-0.1, -0.05) is 13.8 Å². The molecule has 102 valence electrons. The quantitative estimate of drug-likeness (QED) is 0.691. The lowest BCUT2D eigenvalue weighted by molar-refractivity contribution is -0.143. The van der Waals surface area contributed by atoms with E-state index in [2.05, 4.69) is 24.5 Å². The topological polar surface area (TPSA) is 78.4 Å². The first kappa shape index (κ1) is 13.3. The van der Waals surface area contributed by atoms with Gasteiger partial charge in [0.25, 0.3) is 0 Å². The third-order valence-corrected chi connectivity index (χ3v) is 4.30. The number of carboxylic acid groups (broad SMARTS) is 1. The van der Waals surface area contributed by atoms with Crippen molar-refractivity contribution < 1.29 is 14.7 Å². The zero-order valence-corrected chi connectivity index (χ0v) is 11.1. The van der Waals surface area contributed by atoms with Gasteiger partial charge in [0, 0.05) is 6.54 Å². The standard InChI is InChI=1S/C13H22N2O3/c1-12(2)4-3-7-14-9(12)10(16)15-8-13(5-6-13)11(17)18/h9,14H,3-8H2,1-2H3,(H,15,16)(H,17,18). The molecule has 0 aromatic carbocycles. The van der Waals surface area contributed by atoms with E-state index in [1.807, 2.05) is 0 Å². The highest BCUT2D eigenvalue weighted by Crippen LogP contribution is 2.45. The third-order valence-electron chi connectivity index (χ3n) is 4.30. The van der Waals surface area contributed by atoms with Crippen LogP contribution in [-0.4, -0.2) is 36.1 Å². The zero-order valence-electron chi connectivity index (χ0n) is 11.1. The SMILES string of the molecule is CC1(C)CCCNC1C(=O)NCC1(C(=O)O)CC1. The minimum atomic E-state index is -0.793. The van der Waals surface area contributed by atoms with Crippen molar-refractivity contribution in [1.82, 2.24) is 10.6 Å². The average Bonchev–Trinajstić information content (AvgIpc) is 3.06. The molecular formula is C13H22N2O3. The number of rotatable bonds is 4. The van der Waals surface area contributed by atoms with Gasteiger partial charge in [-0.05, 0) is 37.6 Å². The number of hydrogen-bond donors (Lipinski definition) is 3. The first-order valence-corrected chi connectivity index (χ1v) is 6.62. The van der Waals surface area contributed by atoms with E-state index in [4.69, 9.17) is 5.11 Å². The Bertz CT molecular complexity index is 361. The molecule has 1 atom stereocenters. The van der Waals surface area contributed by atoms with Crippen LogP contribution in [0.4, 0.5) is 0 Å². The molecule has 1 unspecified atom stereocenters. The summed E-state index contributed by atoms with van der Waals surface area (Å²) in [7, 11) is 0. The Morgan fingerprint density at radius 2 is 2.00 bits per heavy atom. The van der Waals surface area contributed by atoms with E-state index in [0.717, 1.165) is 19.4 Å². The van der Waals surface area contributed by atoms with Crippen molar-refractivity contribution in [1.29, 1.82) is 0 Å². The number of carbonyl (C=O) groups is 2. The van der Waals surface area contributed by atoms with Crippen molar-refractivity contribution in [3.8, 4) is 0 Å². The van der Waals surface area contributed by atoms with Gasteiger partial charge in [0.1, 0.15) is 0 Å². The Kier molecular flexibility index (Phi) is 3.36. The molecule has 1 saturated heterocycles. The Morgan fingerprint density at radius 1 is 1.33 bits per heavy atom. The van der Waals surface area contributed by atoms with Gasteiger partial charge in [0.15, 0.2) is 0 Å². The van der Waals surface area contributed by atoms with Crippen molar-refractivity contribution in [2.75, 3.05) is 13.1 Å². The van der Waals surface area contributed by atoms with Crippen LogP contribution in [0.5, 0.6) is 0 Å². The maximum atomic E-state index is 12.1. The second kappa shape index (κ2) is 4.53. The Balaban J connectivity index is 1.90. The molecule has 0 aromatic heterocycles. The van der Waals surface area contributed by atoms with Gasteiger partial charge < -0.3 is 15.7 Å². The molecular weight excluding hydrogens is 232 g/mol. The van der Waals surface area contributed by atoms with Crippen LogP contribution in [0.25, 0.3) is 0 Å². The van der Waals surface area contributed by atoms with Crippen molar-refractivity contribution >= 4 is 11.9 Å². The number of aliphatic carboxylic acids is 1. The number of nitrogens with one attached hydrogen (secondary N) is 2. The zero-order chi connectivity index (χ0) is 13.4. The van der Waals surface area contributed by atoms with Gasteiger partial charge in [0.05, 0.1) is 11.5 Å². The van der Waals surface area contributed by atoms with Gasteiger partial charge >= 0.3 is 5.97 Å². The predicted octanol–water partition coefficient (Wildman–Crippen LogP) is 0.746. The minimum Gasteiger partial charge on any atom is -0.481 e. The molecule has 5 nitrogen and oxygen atoms in total. The van der Waals surface area contributed by atoms with Crippen molar-refractivity contribution in [2.45, 2.75) is 45.6 Å². The summed E-state index contributed by atoms with van der Waals surface area (Å²) in [6, 6.07) is -0.212. The van der Waals surface area contributed by atoms with E-state index in [0.29, 0.717) is 12.8 Å². The lowest BCUT2D eigenvalue weighted by Crippen LogP contribution is -2.56. The highest BCUT2D eigenvalue weighted by Gasteiger charge is 2.50. The summed E-state index contributed by atoms with van der Waals surface area (Å²) in [4.78, 5) is 23.2. The maximum Gasteiger partial charge on any atom is 0.311 e. The minimum absolute atomic E-state index is 0.0628. The van der Waals surface area contributed by atoms with E-state index in [1.54, 1.807) is 0 Å². The number of carboxylic acids is 1. The molecule has 18 heavy (non-hydrogen) atoms. The van der Waals surface area contributed by atoms with Crippen LogP contribution in [0.2, 0.25) is 0 Å². The summed E-state index contributed by atoms with van der Waals surface area (Å²) in [5, 5.41) is 15.1. The predicted molar refractivity (Wildman–Crippen MR) is 67.1 cm³/mol. The third kappa shape index (κ3) is 2.51. The van der Waals surface area contributed by atoms with Crippen LogP contribution in [0, 0.1) is 10.8 Å². The number of hydrogen-bond acceptors (Lipinski definition) is 3. The van der Waals surface area contributed by atoms with Crippen LogP contribution < -0.4 is 10.6 Å². The molecule has 1 aliphatic carbocycles. The van der Waals surface area contributed by atoms with Crippen LogP contribution in [0.1, 0.15) is 39.5 Å². The van der Waals surface area contributed by atoms with Crippen molar-refractivity contribution in [2.24, 2.45) is 10.8 Å². The first-order valence-electron chi connectivity index (χ1n) is 6.62. The second-order valence-electron chi connectivity index (χ2n) is 6.28. The molecule has 5 heteroatoms. The fourth-order valence-corrected chi connectivity index (χ4v) is 2.63. The number of piperidine rings is 1. The molecule has 2 rings (SSSR count). The molecule has 0 bridgehead atoms. The summed E-state index contributed by atoms with van der Waals surface area (Å²) in [6.07, 6.45) is 3.44. The maximum absolute atomic E-state index is 12.1. The summed E-state index contributed by atoms with van der Waals surface area (Å²) in [6.45, 7) is 5.27. The molecule has 2 fully saturated rings. The lowest BCUT2D eigenvalue weighted by Gasteiger charge is -2.38. The van der Waals surface area contributed by atoms with Crippen LogP contribution >= 0.6 is 0 Å². The van der Waals surface area contributed by atoms with Crippen LogP contribution in [0.15, 0.2) is 0 Å². The summed E-state index contributed by atoms with van der Waals surface area (Å²) in [5.74, 6) is -0.856. The van der Waals surface area contributed by atoms with E-state index in [9.17, 15) is 9.59 Å². The highest BCUT2D eigenvalue weighted by molar-refractivity contribution is 5.84. The molecule has 0 radical (unpaired) electrons.